The molecule has 3 amide bonds. The van der Waals surface area contributed by atoms with Crippen LogP contribution in [-0.2, 0) is 6.18 Å². The summed E-state index contributed by atoms with van der Waals surface area (Å²) in [5, 5.41) is 17.6. The maximum atomic E-state index is 14.0. The summed E-state index contributed by atoms with van der Waals surface area (Å²) < 4.78 is 52.8. The van der Waals surface area contributed by atoms with Gasteiger partial charge in [0.15, 0.2) is 0 Å². The van der Waals surface area contributed by atoms with E-state index in [9.17, 15) is 27.9 Å². The van der Waals surface area contributed by atoms with E-state index in [4.69, 9.17) is 9.47 Å². The molecular formula is C28H31F3N4O5. The molecule has 0 spiro atoms. The molecule has 12 heteroatoms. The average molecular weight is 561 g/mol. The van der Waals surface area contributed by atoms with Crippen LogP contribution in [0.2, 0.25) is 0 Å². The number of hydrogen-bond acceptors (Lipinski definition) is 6. The summed E-state index contributed by atoms with van der Waals surface area (Å²) in [6, 6.07) is 15.0. The Hall–Kier alpha value is -4.45. The zero-order chi connectivity index (χ0) is 29.3. The molecular weight excluding hydrogens is 529 g/mol. The zero-order valence-corrected chi connectivity index (χ0v) is 22.3. The van der Waals surface area contributed by atoms with Gasteiger partial charge in [0.1, 0.15) is 34.1 Å². The van der Waals surface area contributed by atoms with Crippen LogP contribution in [0.25, 0.3) is 0 Å². The number of carbonyl (C=O) groups excluding carboxylic acids is 2. The van der Waals surface area contributed by atoms with Crippen molar-refractivity contribution in [2.24, 2.45) is 0 Å². The van der Waals surface area contributed by atoms with Crippen molar-refractivity contribution in [1.29, 1.82) is 0 Å². The van der Waals surface area contributed by atoms with E-state index in [-0.39, 0.29) is 18.0 Å². The molecule has 3 aromatic carbocycles. The molecule has 9 nitrogen and oxygen atoms in total. The lowest BCUT2D eigenvalue weighted by atomic mass is 10.0. The van der Waals surface area contributed by atoms with Crippen molar-refractivity contribution in [3.05, 3.63) is 71.8 Å². The number of nitrogens with one attached hydrogen (secondary N) is 3. The molecule has 0 heterocycles. The van der Waals surface area contributed by atoms with Gasteiger partial charge in [0, 0.05) is 24.8 Å². The van der Waals surface area contributed by atoms with Gasteiger partial charge in [-0.15, -0.1) is 0 Å². The molecule has 0 aliphatic heterocycles. The highest BCUT2D eigenvalue weighted by Crippen LogP contribution is 2.46. The number of aromatic hydroxyl groups is 1. The second-order valence-corrected chi connectivity index (χ2v) is 8.52. The molecule has 0 aliphatic carbocycles. The maximum Gasteiger partial charge on any atom is 0.421 e. The van der Waals surface area contributed by atoms with Crippen molar-refractivity contribution in [2.45, 2.75) is 20.0 Å². The van der Waals surface area contributed by atoms with Crippen LogP contribution in [0.4, 0.5) is 29.3 Å². The molecule has 40 heavy (non-hydrogen) atoms. The minimum atomic E-state index is -5.11. The monoisotopic (exact) mass is 560 g/mol. The molecule has 0 radical (unpaired) electrons. The van der Waals surface area contributed by atoms with Crippen molar-refractivity contribution >= 4 is 23.3 Å². The van der Waals surface area contributed by atoms with Crippen LogP contribution >= 0.6 is 0 Å². The van der Waals surface area contributed by atoms with E-state index in [0.717, 1.165) is 26.3 Å². The Morgan fingerprint density at radius 1 is 0.950 bits per heavy atom. The highest BCUT2D eigenvalue weighted by atomic mass is 19.4. The molecule has 0 saturated heterocycles. The number of para-hydroxylation sites is 1. The Morgan fingerprint density at radius 2 is 1.57 bits per heavy atom. The van der Waals surface area contributed by atoms with E-state index in [1.54, 1.807) is 24.3 Å². The van der Waals surface area contributed by atoms with Crippen molar-refractivity contribution in [3.63, 3.8) is 0 Å². The SMILES string of the molecule is CCN(CC)CCNC(=O)c1c(OC)cc(NC(=O)Nc2ccc(Oc3ccccc3)cc2)c(C(F)(F)F)c1O. The van der Waals surface area contributed by atoms with Crippen LogP contribution in [0.5, 0.6) is 23.0 Å². The molecule has 0 bridgehead atoms. The first kappa shape index (κ1) is 30.1. The van der Waals surface area contributed by atoms with Gasteiger partial charge in [-0.2, -0.15) is 13.2 Å². The lowest BCUT2D eigenvalue weighted by Crippen LogP contribution is -2.35. The third-order valence-electron chi connectivity index (χ3n) is 5.94. The number of ether oxygens (including phenoxy) is 2. The summed E-state index contributed by atoms with van der Waals surface area (Å²) in [5.74, 6) is -1.55. The zero-order valence-electron chi connectivity index (χ0n) is 22.3. The predicted molar refractivity (Wildman–Crippen MR) is 145 cm³/mol. The molecule has 0 atom stereocenters. The Balaban J connectivity index is 1.78. The molecule has 0 fully saturated rings. The molecule has 0 saturated carbocycles. The fraction of sp³-hybridized carbons (Fsp3) is 0.286. The van der Waals surface area contributed by atoms with E-state index < -0.39 is 40.7 Å². The topological polar surface area (TPSA) is 112 Å². The van der Waals surface area contributed by atoms with Crippen LogP contribution in [0.15, 0.2) is 60.7 Å². The van der Waals surface area contributed by atoms with Crippen LogP contribution < -0.4 is 25.4 Å². The minimum absolute atomic E-state index is 0.141. The maximum absolute atomic E-state index is 14.0. The van der Waals surface area contributed by atoms with Gasteiger partial charge in [-0.1, -0.05) is 32.0 Å². The average Bonchev–Trinajstić information content (AvgIpc) is 2.91. The Kier molecular flexibility index (Phi) is 10.2. The van der Waals surface area contributed by atoms with Crippen molar-refractivity contribution in [2.75, 3.05) is 43.9 Å². The fourth-order valence-corrected chi connectivity index (χ4v) is 3.88. The molecule has 0 aliphatic rings. The number of phenolic OH excluding ortho intramolecular Hbond substituents is 1. The lowest BCUT2D eigenvalue weighted by molar-refractivity contribution is -0.138. The number of benzene rings is 3. The summed E-state index contributed by atoms with van der Waals surface area (Å²) in [5.41, 5.74) is -2.78. The Labute approximate surface area is 229 Å². The number of rotatable bonds is 11. The predicted octanol–water partition coefficient (Wildman–Crippen LogP) is 5.93. The largest absolute Gasteiger partial charge is 0.506 e. The number of likely N-dealkylation sites (N-methyl/N-ethyl adjacent to an activating group) is 1. The van der Waals surface area contributed by atoms with E-state index in [1.165, 1.54) is 12.1 Å². The molecule has 3 aromatic rings. The number of amides is 3. The first-order chi connectivity index (χ1) is 19.1. The van der Waals surface area contributed by atoms with Gasteiger partial charge in [-0.05, 0) is 49.5 Å². The van der Waals surface area contributed by atoms with Gasteiger partial charge in [0.05, 0.1) is 12.8 Å². The van der Waals surface area contributed by atoms with E-state index in [0.29, 0.717) is 18.0 Å². The summed E-state index contributed by atoms with van der Waals surface area (Å²) in [7, 11) is 1.14. The molecule has 4 N–H and O–H groups in total. The highest BCUT2D eigenvalue weighted by Gasteiger charge is 2.40. The van der Waals surface area contributed by atoms with Crippen LogP contribution in [-0.4, -0.2) is 55.2 Å². The molecule has 0 unspecified atom stereocenters. The molecule has 214 valence electrons. The van der Waals surface area contributed by atoms with Gasteiger partial charge in [0.2, 0.25) is 0 Å². The summed E-state index contributed by atoms with van der Waals surface area (Å²) in [6.07, 6.45) is -5.11. The lowest BCUT2D eigenvalue weighted by Gasteiger charge is -2.21. The van der Waals surface area contributed by atoms with Gasteiger partial charge in [0.25, 0.3) is 5.91 Å². The highest BCUT2D eigenvalue weighted by molar-refractivity contribution is 6.04. The number of nitrogens with zero attached hydrogens (tertiary/aromatic N) is 1. The number of urea groups is 1. The third-order valence-corrected chi connectivity index (χ3v) is 5.94. The van der Waals surface area contributed by atoms with Crippen LogP contribution in [0.3, 0.4) is 0 Å². The van der Waals surface area contributed by atoms with Gasteiger partial charge < -0.3 is 35.4 Å². The number of alkyl halides is 3. The van der Waals surface area contributed by atoms with Gasteiger partial charge in [-0.25, -0.2) is 4.79 Å². The number of phenols is 1. The number of halogens is 3. The summed E-state index contributed by atoms with van der Waals surface area (Å²) >= 11 is 0. The second kappa shape index (κ2) is 13.6. The van der Waals surface area contributed by atoms with Crippen molar-refractivity contribution in [1.82, 2.24) is 10.2 Å². The Morgan fingerprint density at radius 3 is 2.15 bits per heavy atom. The number of anilines is 2. The quantitative estimate of drug-likeness (QED) is 0.231. The van der Waals surface area contributed by atoms with Crippen molar-refractivity contribution < 1.29 is 37.3 Å². The molecule has 0 aromatic heterocycles. The van der Waals surface area contributed by atoms with E-state index >= 15 is 0 Å². The fourth-order valence-electron chi connectivity index (χ4n) is 3.88. The normalized spacial score (nSPS) is 11.2. The van der Waals surface area contributed by atoms with E-state index in [1.807, 2.05) is 36.9 Å². The van der Waals surface area contributed by atoms with Crippen LogP contribution in [0, 0.1) is 0 Å². The second-order valence-electron chi connectivity index (χ2n) is 8.52. The first-order valence-corrected chi connectivity index (χ1v) is 12.5. The number of methoxy groups -OCH3 is 1. The van der Waals surface area contributed by atoms with Gasteiger partial charge in [-0.3, -0.25) is 4.79 Å². The van der Waals surface area contributed by atoms with Crippen LogP contribution in [0.1, 0.15) is 29.8 Å². The summed E-state index contributed by atoms with van der Waals surface area (Å²) in [6.45, 7) is 5.94. The van der Waals surface area contributed by atoms with Gasteiger partial charge >= 0.3 is 12.2 Å². The standard InChI is InChI=1S/C28H31F3N4O5/c1-4-35(5-2)16-15-32-26(37)23-22(39-3)17-21(24(25(23)36)28(29,30)31)34-27(38)33-18-11-13-20(14-12-18)40-19-9-7-6-8-10-19/h6-14,17,36H,4-5,15-16H2,1-3H3,(H,32,37)(H2,33,34,38). The number of hydrogen-bond donors (Lipinski definition) is 4. The first-order valence-electron chi connectivity index (χ1n) is 12.5. The minimum Gasteiger partial charge on any atom is -0.506 e. The van der Waals surface area contributed by atoms with E-state index in [2.05, 4.69) is 16.0 Å². The molecule has 3 rings (SSSR count). The summed E-state index contributed by atoms with van der Waals surface area (Å²) in [4.78, 5) is 27.4. The smallest absolute Gasteiger partial charge is 0.421 e. The Bertz CT molecular complexity index is 1300. The number of carbonyl (C=O) groups is 2. The van der Waals surface area contributed by atoms with Crippen molar-refractivity contribution in [3.8, 4) is 23.0 Å². The third kappa shape index (κ3) is 7.79.